The number of thiazole rings is 1. The lowest BCUT2D eigenvalue weighted by Crippen LogP contribution is -2.22. The first-order valence-corrected chi connectivity index (χ1v) is 12.1. The van der Waals surface area contributed by atoms with Crippen LogP contribution < -0.4 is 4.80 Å². The molecule has 0 aliphatic rings. The maximum Gasteiger partial charge on any atom is 0.242 e. The molecule has 1 aromatic heterocycles. The third-order valence-corrected chi connectivity index (χ3v) is 7.55. The van der Waals surface area contributed by atoms with Gasteiger partial charge < -0.3 is 4.57 Å². The van der Waals surface area contributed by atoms with Crippen LogP contribution in [0, 0.1) is 0 Å². The van der Waals surface area contributed by atoms with Gasteiger partial charge in [0, 0.05) is 25.0 Å². The number of benzene rings is 3. The van der Waals surface area contributed by atoms with Gasteiger partial charge in [0.05, 0.1) is 22.8 Å². The van der Waals surface area contributed by atoms with Crippen LogP contribution in [0.3, 0.4) is 0 Å². The van der Waals surface area contributed by atoms with E-state index in [1.54, 1.807) is 43.6 Å². The fourth-order valence-corrected chi connectivity index (χ4v) is 5.08. The summed E-state index contributed by atoms with van der Waals surface area (Å²) in [5.41, 5.74) is 3.79. The van der Waals surface area contributed by atoms with E-state index in [4.69, 9.17) is 4.99 Å². The second-order valence-corrected chi connectivity index (χ2v) is 10.2. The maximum atomic E-state index is 12.6. The third kappa shape index (κ3) is 4.69. The van der Waals surface area contributed by atoms with Crippen molar-refractivity contribution in [1.82, 2.24) is 8.87 Å². The summed E-state index contributed by atoms with van der Waals surface area (Å²) in [4.78, 5) is 5.96. The van der Waals surface area contributed by atoms with Gasteiger partial charge in [-0.05, 0) is 29.8 Å². The van der Waals surface area contributed by atoms with Crippen molar-refractivity contribution in [3.63, 3.8) is 0 Å². The summed E-state index contributed by atoms with van der Waals surface area (Å²) in [5.74, 6) is 0. The van der Waals surface area contributed by atoms with Gasteiger partial charge in [0.15, 0.2) is 4.80 Å². The molecule has 7 heteroatoms. The normalized spacial score (nSPS) is 12.4. The zero-order valence-corrected chi connectivity index (χ0v) is 19.0. The number of nitrogens with zero attached hydrogens (tertiary/aromatic N) is 3. The van der Waals surface area contributed by atoms with E-state index in [0.29, 0.717) is 6.54 Å². The van der Waals surface area contributed by atoms with E-state index in [1.807, 2.05) is 60.0 Å². The van der Waals surface area contributed by atoms with E-state index in [2.05, 4.69) is 16.7 Å². The van der Waals surface area contributed by atoms with Crippen LogP contribution >= 0.6 is 11.3 Å². The number of hydrogen-bond acceptors (Lipinski definition) is 4. The molecule has 0 aliphatic carbocycles. The second kappa shape index (κ2) is 9.01. The molecule has 31 heavy (non-hydrogen) atoms. The van der Waals surface area contributed by atoms with Gasteiger partial charge in [0.1, 0.15) is 0 Å². The maximum absolute atomic E-state index is 12.6. The van der Waals surface area contributed by atoms with Crippen molar-refractivity contribution in [2.75, 3.05) is 14.1 Å². The molecule has 0 spiro atoms. The largest absolute Gasteiger partial charge is 0.312 e. The Morgan fingerprint density at radius 3 is 2.26 bits per heavy atom. The molecule has 5 nitrogen and oxygen atoms in total. The molecule has 0 aliphatic heterocycles. The zero-order chi connectivity index (χ0) is 21.8. The number of aromatic nitrogens is 1. The molecule has 0 saturated carbocycles. The molecule has 0 atom stereocenters. The molecule has 4 rings (SSSR count). The van der Waals surface area contributed by atoms with E-state index >= 15 is 0 Å². The number of para-hydroxylation sites is 1. The molecule has 0 unspecified atom stereocenters. The summed E-state index contributed by atoms with van der Waals surface area (Å²) in [6.07, 6.45) is 0. The van der Waals surface area contributed by atoms with Crippen LogP contribution in [0.4, 0.5) is 5.69 Å². The fraction of sp³-hybridized carbons (Fsp3) is 0.125. The highest BCUT2D eigenvalue weighted by Crippen LogP contribution is 2.25. The van der Waals surface area contributed by atoms with Crippen LogP contribution in [0.1, 0.15) is 5.56 Å². The van der Waals surface area contributed by atoms with E-state index < -0.39 is 10.0 Å². The predicted molar refractivity (Wildman–Crippen MR) is 126 cm³/mol. The van der Waals surface area contributed by atoms with Crippen molar-refractivity contribution in [1.29, 1.82) is 0 Å². The Bertz CT molecular complexity index is 1340. The van der Waals surface area contributed by atoms with E-state index in [0.717, 1.165) is 27.3 Å². The standard InChI is InChI=1S/C24H23N3O2S2/c1-26(2)31(28,29)22-15-9-12-20(16-22)23-18-30-24(25-21-13-7-4-8-14-21)27(23)17-19-10-5-3-6-11-19/h3-16,18H,17H2,1-2H3. The van der Waals surface area contributed by atoms with Crippen molar-refractivity contribution in [3.8, 4) is 11.3 Å². The van der Waals surface area contributed by atoms with E-state index in [9.17, 15) is 8.42 Å². The van der Waals surface area contributed by atoms with Gasteiger partial charge in [-0.2, -0.15) is 0 Å². The summed E-state index contributed by atoms with van der Waals surface area (Å²) in [6.45, 7) is 0.635. The predicted octanol–water partition coefficient (Wildman–Crippen LogP) is 4.75. The minimum atomic E-state index is -3.52. The number of hydrogen-bond donors (Lipinski definition) is 0. The molecule has 0 N–H and O–H groups in total. The summed E-state index contributed by atoms with van der Waals surface area (Å²) < 4.78 is 28.6. The molecule has 0 amide bonds. The van der Waals surface area contributed by atoms with Crippen LogP contribution in [0.5, 0.6) is 0 Å². The average molecular weight is 450 g/mol. The Labute approximate surface area is 186 Å². The molecule has 3 aromatic carbocycles. The van der Waals surface area contributed by atoms with Gasteiger partial charge in [0.25, 0.3) is 0 Å². The van der Waals surface area contributed by atoms with Gasteiger partial charge in [-0.25, -0.2) is 17.7 Å². The van der Waals surface area contributed by atoms with E-state index in [-0.39, 0.29) is 4.90 Å². The van der Waals surface area contributed by atoms with Gasteiger partial charge in [-0.1, -0.05) is 60.7 Å². The molecule has 1 heterocycles. The summed E-state index contributed by atoms with van der Waals surface area (Å²) in [5, 5.41) is 2.03. The first kappa shape index (κ1) is 21.2. The highest BCUT2D eigenvalue weighted by atomic mass is 32.2. The number of rotatable bonds is 6. The third-order valence-electron chi connectivity index (χ3n) is 4.87. The van der Waals surface area contributed by atoms with Gasteiger partial charge >= 0.3 is 0 Å². The monoisotopic (exact) mass is 449 g/mol. The van der Waals surface area contributed by atoms with Crippen LogP contribution in [-0.2, 0) is 16.6 Å². The van der Waals surface area contributed by atoms with Crippen molar-refractivity contribution in [2.24, 2.45) is 4.99 Å². The van der Waals surface area contributed by atoms with Crippen molar-refractivity contribution < 1.29 is 8.42 Å². The van der Waals surface area contributed by atoms with Crippen LogP contribution in [0.2, 0.25) is 0 Å². The Morgan fingerprint density at radius 2 is 1.58 bits per heavy atom. The minimum absolute atomic E-state index is 0.272. The van der Waals surface area contributed by atoms with Crippen molar-refractivity contribution in [3.05, 3.63) is 101 Å². The Morgan fingerprint density at radius 1 is 0.903 bits per heavy atom. The molecule has 0 saturated heterocycles. The Hall–Kier alpha value is -3.00. The minimum Gasteiger partial charge on any atom is -0.312 e. The zero-order valence-electron chi connectivity index (χ0n) is 17.3. The summed E-state index contributed by atoms with van der Waals surface area (Å²) >= 11 is 1.54. The highest BCUT2D eigenvalue weighted by molar-refractivity contribution is 7.89. The molecular formula is C24H23N3O2S2. The van der Waals surface area contributed by atoms with Crippen LogP contribution in [-0.4, -0.2) is 31.4 Å². The molecule has 0 bridgehead atoms. The van der Waals surface area contributed by atoms with Crippen molar-refractivity contribution in [2.45, 2.75) is 11.4 Å². The lowest BCUT2D eigenvalue weighted by molar-refractivity contribution is 0.521. The topological polar surface area (TPSA) is 54.7 Å². The SMILES string of the molecule is CN(C)S(=O)(=O)c1cccc(-c2csc(=Nc3ccccc3)n2Cc2ccccc2)c1. The van der Waals surface area contributed by atoms with Gasteiger partial charge in [-0.3, -0.25) is 0 Å². The molecule has 4 aromatic rings. The Balaban J connectivity index is 1.86. The first-order valence-electron chi connectivity index (χ1n) is 9.80. The molecule has 0 fully saturated rings. The lowest BCUT2D eigenvalue weighted by atomic mass is 10.1. The Kier molecular flexibility index (Phi) is 6.18. The lowest BCUT2D eigenvalue weighted by Gasteiger charge is -2.13. The highest BCUT2D eigenvalue weighted by Gasteiger charge is 2.18. The van der Waals surface area contributed by atoms with Gasteiger partial charge in [-0.15, -0.1) is 11.3 Å². The number of sulfonamides is 1. The molecule has 0 radical (unpaired) electrons. The molecular weight excluding hydrogens is 426 g/mol. The first-order chi connectivity index (χ1) is 14.9. The fourth-order valence-electron chi connectivity index (χ4n) is 3.21. The quantitative estimate of drug-likeness (QED) is 0.427. The van der Waals surface area contributed by atoms with E-state index in [1.165, 1.54) is 4.31 Å². The summed E-state index contributed by atoms with van der Waals surface area (Å²) in [7, 11) is -0.435. The summed E-state index contributed by atoms with van der Waals surface area (Å²) in [6, 6.07) is 27.1. The van der Waals surface area contributed by atoms with Crippen molar-refractivity contribution >= 4 is 27.0 Å². The molecule has 158 valence electrons. The van der Waals surface area contributed by atoms with Gasteiger partial charge in [0.2, 0.25) is 10.0 Å². The van der Waals surface area contributed by atoms with Crippen LogP contribution in [0.25, 0.3) is 11.3 Å². The smallest absolute Gasteiger partial charge is 0.242 e. The van der Waals surface area contributed by atoms with Crippen LogP contribution in [0.15, 0.2) is 100 Å². The second-order valence-electron chi connectivity index (χ2n) is 7.24. The average Bonchev–Trinajstić information content (AvgIpc) is 3.17.